The van der Waals surface area contributed by atoms with Gasteiger partial charge in [-0.05, 0) is 0 Å². The van der Waals surface area contributed by atoms with Crippen LogP contribution in [0.2, 0.25) is 0 Å². The highest BCUT2D eigenvalue weighted by Gasteiger charge is 1.93. The number of methoxy groups -OCH3 is 1. The van der Waals surface area contributed by atoms with E-state index in [0.717, 1.165) is 0 Å². The molecule has 0 fully saturated rings. The molecule has 7 heteroatoms. The van der Waals surface area contributed by atoms with E-state index in [-0.39, 0.29) is 13.2 Å². The molecule has 0 aromatic rings. The van der Waals surface area contributed by atoms with Crippen molar-refractivity contribution in [2.75, 3.05) is 27.4 Å². The molecule has 0 bridgehead atoms. The highest BCUT2D eigenvalue weighted by Crippen LogP contribution is 1.71. The largest absolute Gasteiger partial charge is 0.503 e. The number of hydrogen-bond acceptors (Lipinski definition) is 5. The average Bonchev–Trinajstić information content (AvgIpc) is 2.03. The first-order chi connectivity index (χ1) is 5.95. The van der Waals surface area contributed by atoms with Gasteiger partial charge in [0.1, 0.15) is 6.10 Å². The summed E-state index contributed by atoms with van der Waals surface area (Å²) in [6.07, 6.45) is -2.79. The second-order valence-electron chi connectivity index (χ2n) is 1.71. The molecule has 13 heavy (non-hydrogen) atoms. The number of carboxylic acid groups (broad SMARTS) is 2. The Balaban J connectivity index is -0.000000125. The van der Waals surface area contributed by atoms with Crippen LogP contribution in [0.3, 0.4) is 0 Å². The molecule has 0 aliphatic carbocycles. The van der Waals surface area contributed by atoms with E-state index < -0.39 is 12.3 Å². The molecular formula is C6H16O7. The fourth-order valence-electron chi connectivity index (χ4n) is 0.0577. The van der Waals surface area contributed by atoms with Gasteiger partial charge in [-0.15, -0.1) is 0 Å². The number of hydrogen-bond donors (Lipinski definition) is 5. The number of ether oxygens (including phenoxy) is 1. The van der Waals surface area contributed by atoms with Gasteiger partial charge in [0.25, 0.3) is 0 Å². The number of rotatable bonds is 2. The molecule has 0 saturated heterocycles. The van der Waals surface area contributed by atoms with Crippen molar-refractivity contribution in [2.45, 2.75) is 6.10 Å². The van der Waals surface area contributed by atoms with Gasteiger partial charge in [0.2, 0.25) is 0 Å². The minimum Gasteiger partial charge on any atom is -0.450 e. The van der Waals surface area contributed by atoms with Gasteiger partial charge >= 0.3 is 6.16 Å². The SMILES string of the molecule is COC.O=C(O)O.OCC(O)CO. The molecule has 0 spiro atoms. The van der Waals surface area contributed by atoms with Crippen LogP contribution in [0.5, 0.6) is 0 Å². The summed E-state index contributed by atoms with van der Waals surface area (Å²) >= 11 is 0. The van der Waals surface area contributed by atoms with Gasteiger partial charge in [0.05, 0.1) is 13.2 Å². The normalized spacial score (nSPS) is 7.85. The first-order valence-corrected chi connectivity index (χ1v) is 3.17. The Morgan fingerprint density at radius 1 is 1.23 bits per heavy atom. The molecule has 0 aliphatic rings. The van der Waals surface area contributed by atoms with E-state index >= 15 is 0 Å². The van der Waals surface area contributed by atoms with Crippen molar-refractivity contribution < 1.29 is 35.1 Å². The van der Waals surface area contributed by atoms with Crippen LogP contribution in [-0.4, -0.2) is 65.2 Å². The van der Waals surface area contributed by atoms with Crippen molar-refractivity contribution in [3.8, 4) is 0 Å². The molecule has 0 saturated carbocycles. The summed E-state index contributed by atoms with van der Waals surface area (Å²) in [6, 6.07) is 0. The topological polar surface area (TPSA) is 127 Å². The molecule has 0 radical (unpaired) electrons. The van der Waals surface area contributed by atoms with Crippen molar-refractivity contribution in [3.63, 3.8) is 0 Å². The van der Waals surface area contributed by atoms with Crippen LogP contribution in [0, 0.1) is 0 Å². The Morgan fingerprint density at radius 2 is 1.38 bits per heavy atom. The number of aliphatic hydroxyl groups excluding tert-OH is 3. The van der Waals surface area contributed by atoms with Gasteiger partial charge in [0.15, 0.2) is 0 Å². The molecule has 0 aromatic heterocycles. The van der Waals surface area contributed by atoms with E-state index in [1.807, 2.05) is 0 Å². The molecule has 0 amide bonds. The zero-order valence-corrected chi connectivity index (χ0v) is 7.54. The minimum atomic E-state index is -1.83. The molecule has 0 rings (SSSR count). The Labute approximate surface area is 75.8 Å². The molecule has 0 heterocycles. The van der Waals surface area contributed by atoms with E-state index in [1.165, 1.54) is 0 Å². The maximum absolute atomic E-state index is 8.56. The van der Waals surface area contributed by atoms with Gasteiger partial charge in [0, 0.05) is 14.2 Å². The van der Waals surface area contributed by atoms with Crippen molar-refractivity contribution in [2.24, 2.45) is 0 Å². The number of aliphatic hydroxyl groups is 3. The van der Waals surface area contributed by atoms with Crippen LogP contribution in [0.15, 0.2) is 0 Å². The van der Waals surface area contributed by atoms with E-state index in [2.05, 4.69) is 4.74 Å². The Kier molecular flexibility index (Phi) is 23.9. The second-order valence-corrected chi connectivity index (χ2v) is 1.71. The third-order valence-corrected chi connectivity index (χ3v) is 0.421. The van der Waals surface area contributed by atoms with Gasteiger partial charge in [-0.2, -0.15) is 0 Å². The lowest BCUT2D eigenvalue weighted by molar-refractivity contribution is 0.0450. The Hall–Kier alpha value is -0.890. The highest BCUT2D eigenvalue weighted by molar-refractivity contribution is 5.53. The van der Waals surface area contributed by atoms with Crippen molar-refractivity contribution in [3.05, 3.63) is 0 Å². The summed E-state index contributed by atoms with van der Waals surface area (Å²) in [5, 5.41) is 38.0. The van der Waals surface area contributed by atoms with Crippen LogP contribution >= 0.6 is 0 Å². The maximum atomic E-state index is 8.56. The zero-order valence-electron chi connectivity index (χ0n) is 7.54. The first-order valence-electron chi connectivity index (χ1n) is 3.17. The van der Waals surface area contributed by atoms with Gasteiger partial charge < -0.3 is 30.3 Å². The van der Waals surface area contributed by atoms with E-state index in [4.69, 9.17) is 30.3 Å². The molecule has 5 N–H and O–H groups in total. The standard InChI is InChI=1S/C3H8O3.C2H6O.CH2O3/c4-1-3(6)2-5;1-3-2;2-1(3)4/h3-6H,1-2H2;1-2H3;(H2,2,3,4). The van der Waals surface area contributed by atoms with Crippen LogP contribution in [0.1, 0.15) is 0 Å². The quantitative estimate of drug-likeness (QED) is 0.379. The lowest BCUT2D eigenvalue weighted by atomic mass is 10.4. The van der Waals surface area contributed by atoms with Crippen molar-refractivity contribution in [1.29, 1.82) is 0 Å². The van der Waals surface area contributed by atoms with Crippen molar-refractivity contribution >= 4 is 6.16 Å². The fraction of sp³-hybridized carbons (Fsp3) is 0.833. The highest BCUT2D eigenvalue weighted by atomic mass is 16.6. The van der Waals surface area contributed by atoms with Gasteiger partial charge in [-0.25, -0.2) is 4.79 Å². The summed E-state index contributed by atoms with van der Waals surface area (Å²) in [4.78, 5) is 8.56. The zero-order chi connectivity index (χ0) is 11.3. The smallest absolute Gasteiger partial charge is 0.450 e. The van der Waals surface area contributed by atoms with E-state index in [0.29, 0.717) is 0 Å². The predicted molar refractivity (Wildman–Crippen MR) is 43.8 cm³/mol. The summed E-state index contributed by atoms with van der Waals surface area (Å²) in [5.74, 6) is 0. The molecule has 0 aromatic carbocycles. The van der Waals surface area contributed by atoms with E-state index in [1.54, 1.807) is 14.2 Å². The lowest BCUT2D eigenvalue weighted by Crippen LogP contribution is -2.15. The second kappa shape index (κ2) is 17.3. The van der Waals surface area contributed by atoms with Crippen LogP contribution < -0.4 is 0 Å². The molecule has 0 atom stereocenters. The van der Waals surface area contributed by atoms with Crippen LogP contribution in [-0.2, 0) is 4.74 Å². The van der Waals surface area contributed by atoms with Crippen molar-refractivity contribution in [1.82, 2.24) is 0 Å². The fourth-order valence-corrected chi connectivity index (χ4v) is 0.0577. The molecule has 7 nitrogen and oxygen atoms in total. The monoisotopic (exact) mass is 200 g/mol. The number of carbonyl (C=O) groups is 1. The average molecular weight is 200 g/mol. The third kappa shape index (κ3) is 95.3. The predicted octanol–water partition coefficient (Wildman–Crippen LogP) is -1.18. The summed E-state index contributed by atoms with van der Waals surface area (Å²) < 4.78 is 4.25. The first kappa shape index (κ1) is 18.0. The molecule has 82 valence electrons. The lowest BCUT2D eigenvalue weighted by Gasteiger charge is -1.96. The Bertz CT molecular complexity index is 87.0. The molecular weight excluding hydrogens is 184 g/mol. The summed E-state index contributed by atoms with van der Waals surface area (Å²) in [5.41, 5.74) is 0. The van der Waals surface area contributed by atoms with Gasteiger partial charge in [-0.3, -0.25) is 0 Å². The summed E-state index contributed by atoms with van der Waals surface area (Å²) in [7, 11) is 3.25. The Morgan fingerprint density at radius 3 is 1.38 bits per heavy atom. The minimum absolute atomic E-state index is 0.365. The van der Waals surface area contributed by atoms with Crippen LogP contribution in [0.4, 0.5) is 4.79 Å². The molecule has 0 unspecified atom stereocenters. The van der Waals surface area contributed by atoms with Gasteiger partial charge in [-0.1, -0.05) is 0 Å². The van der Waals surface area contributed by atoms with Crippen LogP contribution in [0.25, 0.3) is 0 Å². The van der Waals surface area contributed by atoms with E-state index in [9.17, 15) is 0 Å². The third-order valence-electron chi connectivity index (χ3n) is 0.421. The summed E-state index contributed by atoms with van der Waals surface area (Å²) in [6.45, 7) is -0.729. The molecule has 0 aliphatic heterocycles. The maximum Gasteiger partial charge on any atom is 0.503 e.